The number of nitrogens with zero attached hydrogens (tertiary/aromatic N) is 1. The summed E-state index contributed by atoms with van der Waals surface area (Å²) in [6.07, 6.45) is 3.74. The van der Waals surface area contributed by atoms with Gasteiger partial charge in [0.15, 0.2) is 0 Å². The van der Waals surface area contributed by atoms with Crippen LogP contribution in [-0.4, -0.2) is 23.4 Å². The Labute approximate surface area is 111 Å². The second-order valence-electron chi connectivity index (χ2n) is 4.94. The van der Waals surface area contributed by atoms with Crippen molar-refractivity contribution in [2.45, 2.75) is 38.6 Å². The third-order valence-electron chi connectivity index (χ3n) is 3.32. The highest BCUT2D eigenvalue weighted by Gasteiger charge is 2.33. The fraction of sp³-hybridized carbons (Fsp3) is 0.500. The summed E-state index contributed by atoms with van der Waals surface area (Å²) in [5, 5.41) is 0. The van der Waals surface area contributed by atoms with Crippen LogP contribution < -0.4 is 5.73 Å². The predicted octanol–water partition coefficient (Wildman–Crippen LogP) is 2.95. The first-order valence-electron chi connectivity index (χ1n) is 6.60. The minimum absolute atomic E-state index is 0.137. The summed E-state index contributed by atoms with van der Waals surface area (Å²) in [6, 6.07) is 1.96. The van der Waals surface area contributed by atoms with Gasteiger partial charge in [-0.05, 0) is 25.3 Å². The van der Waals surface area contributed by atoms with Crippen molar-refractivity contribution in [3.63, 3.8) is 0 Å². The van der Waals surface area contributed by atoms with E-state index in [1.165, 1.54) is 0 Å². The first kappa shape index (κ1) is 13.8. The van der Waals surface area contributed by atoms with Crippen molar-refractivity contribution < 1.29 is 13.6 Å². The van der Waals surface area contributed by atoms with E-state index in [-0.39, 0.29) is 23.2 Å². The zero-order chi connectivity index (χ0) is 14.0. The molecule has 2 N–H and O–H groups in total. The minimum atomic E-state index is -0.848. The Bertz CT molecular complexity index is 487. The summed E-state index contributed by atoms with van der Waals surface area (Å²) < 4.78 is 26.8. The summed E-state index contributed by atoms with van der Waals surface area (Å²) in [5.74, 6) is -2.07. The van der Waals surface area contributed by atoms with Gasteiger partial charge in [-0.2, -0.15) is 0 Å². The van der Waals surface area contributed by atoms with E-state index in [0.717, 1.165) is 31.7 Å². The first-order valence-corrected chi connectivity index (χ1v) is 6.60. The number of nitrogens with two attached hydrogens (primary N) is 1. The van der Waals surface area contributed by atoms with E-state index >= 15 is 0 Å². The molecule has 0 saturated heterocycles. The third kappa shape index (κ3) is 3.03. The van der Waals surface area contributed by atoms with Gasteiger partial charge in [-0.15, -0.1) is 0 Å². The number of amides is 1. The second kappa shape index (κ2) is 5.55. The maximum absolute atomic E-state index is 13.7. The molecule has 0 aliphatic heterocycles. The number of carbonyl (C=O) groups excluding carboxylic acids is 1. The van der Waals surface area contributed by atoms with E-state index in [0.29, 0.717) is 12.6 Å². The molecule has 1 aromatic carbocycles. The van der Waals surface area contributed by atoms with Gasteiger partial charge >= 0.3 is 0 Å². The molecule has 19 heavy (non-hydrogen) atoms. The molecule has 1 aliphatic rings. The van der Waals surface area contributed by atoms with Crippen molar-refractivity contribution in [1.82, 2.24) is 4.90 Å². The SMILES string of the molecule is CCCCN(C(=O)c1cc(N)c(F)cc1F)C1CC1. The van der Waals surface area contributed by atoms with Crippen LogP contribution in [0.1, 0.15) is 43.0 Å². The van der Waals surface area contributed by atoms with Gasteiger partial charge in [0.1, 0.15) is 11.6 Å². The average molecular weight is 268 g/mol. The number of unbranched alkanes of at least 4 members (excludes halogenated alkanes) is 1. The Morgan fingerprint density at radius 2 is 2.05 bits per heavy atom. The standard InChI is InChI=1S/C14H18F2N2O/c1-2-3-6-18(9-4-5-9)14(19)10-7-13(17)12(16)8-11(10)15/h7-9H,2-6,17H2,1H3. The fourth-order valence-corrected chi connectivity index (χ4v) is 2.05. The van der Waals surface area contributed by atoms with Crippen LogP contribution in [0.5, 0.6) is 0 Å². The second-order valence-corrected chi connectivity index (χ2v) is 4.94. The first-order chi connectivity index (χ1) is 9.04. The van der Waals surface area contributed by atoms with E-state index in [1.54, 1.807) is 4.90 Å². The maximum Gasteiger partial charge on any atom is 0.257 e. The van der Waals surface area contributed by atoms with E-state index in [9.17, 15) is 13.6 Å². The molecule has 5 heteroatoms. The number of benzene rings is 1. The van der Waals surface area contributed by atoms with Gasteiger partial charge in [-0.25, -0.2) is 8.78 Å². The summed E-state index contributed by atoms with van der Waals surface area (Å²) in [7, 11) is 0. The van der Waals surface area contributed by atoms with Crippen molar-refractivity contribution in [1.29, 1.82) is 0 Å². The molecule has 1 aliphatic carbocycles. The Balaban J connectivity index is 2.23. The summed E-state index contributed by atoms with van der Waals surface area (Å²) in [6.45, 7) is 2.64. The molecular weight excluding hydrogens is 250 g/mol. The minimum Gasteiger partial charge on any atom is -0.396 e. The molecule has 1 amide bonds. The highest BCUT2D eigenvalue weighted by Crippen LogP contribution is 2.29. The molecule has 1 saturated carbocycles. The van der Waals surface area contributed by atoms with E-state index < -0.39 is 11.6 Å². The quantitative estimate of drug-likeness (QED) is 0.834. The molecule has 2 rings (SSSR count). The fourth-order valence-electron chi connectivity index (χ4n) is 2.05. The highest BCUT2D eigenvalue weighted by atomic mass is 19.1. The Hall–Kier alpha value is -1.65. The van der Waals surface area contributed by atoms with Crippen LogP contribution in [0, 0.1) is 11.6 Å². The molecular formula is C14H18F2N2O. The molecule has 0 unspecified atom stereocenters. The summed E-state index contributed by atoms with van der Waals surface area (Å²) in [5.41, 5.74) is 5.07. The number of nitrogen functional groups attached to an aromatic ring is 1. The lowest BCUT2D eigenvalue weighted by Gasteiger charge is -2.22. The number of carbonyl (C=O) groups is 1. The molecule has 3 nitrogen and oxygen atoms in total. The predicted molar refractivity (Wildman–Crippen MR) is 69.7 cm³/mol. The lowest BCUT2D eigenvalue weighted by molar-refractivity contribution is 0.0736. The molecule has 1 aromatic rings. The molecule has 0 aromatic heterocycles. The number of hydrogen-bond acceptors (Lipinski definition) is 2. The Morgan fingerprint density at radius 1 is 1.37 bits per heavy atom. The maximum atomic E-state index is 13.7. The normalized spacial score (nSPS) is 14.5. The smallest absolute Gasteiger partial charge is 0.257 e. The molecule has 0 bridgehead atoms. The zero-order valence-electron chi connectivity index (χ0n) is 11.0. The molecule has 0 atom stereocenters. The van der Waals surface area contributed by atoms with Crippen LogP contribution in [0.25, 0.3) is 0 Å². The van der Waals surface area contributed by atoms with Gasteiger partial charge in [0, 0.05) is 18.7 Å². The van der Waals surface area contributed by atoms with Crippen LogP contribution in [-0.2, 0) is 0 Å². The Morgan fingerprint density at radius 3 is 2.63 bits per heavy atom. The van der Waals surface area contributed by atoms with Gasteiger partial charge in [-0.3, -0.25) is 4.79 Å². The summed E-state index contributed by atoms with van der Waals surface area (Å²) in [4.78, 5) is 14.0. The van der Waals surface area contributed by atoms with Crippen LogP contribution in [0.3, 0.4) is 0 Å². The van der Waals surface area contributed by atoms with Gasteiger partial charge in [0.05, 0.1) is 11.3 Å². The molecule has 1 fully saturated rings. The molecule has 104 valence electrons. The number of halogens is 2. The van der Waals surface area contributed by atoms with Crippen LogP contribution in [0.15, 0.2) is 12.1 Å². The molecule has 0 heterocycles. The van der Waals surface area contributed by atoms with E-state index in [4.69, 9.17) is 5.73 Å². The van der Waals surface area contributed by atoms with Crippen molar-refractivity contribution >= 4 is 11.6 Å². The topological polar surface area (TPSA) is 46.3 Å². The van der Waals surface area contributed by atoms with E-state index in [1.807, 2.05) is 6.92 Å². The van der Waals surface area contributed by atoms with Gasteiger partial charge in [0.2, 0.25) is 0 Å². The number of hydrogen-bond donors (Lipinski definition) is 1. The zero-order valence-corrected chi connectivity index (χ0v) is 11.0. The Kier molecular flexibility index (Phi) is 4.02. The lowest BCUT2D eigenvalue weighted by Crippen LogP contribution is -2.34. The van der Waals surface area contributed by atoms with Crippen molar-refractivity contribution in [3.05, 3.63) is 29.3 Å². The van der Waals surface area contributed by atoms with Crippen LogP contribution >= 0.6 is 0 Å². The lowest BCUT2D eigenvalue weighted by atomic mass is 10.1. The highest BCUT2D eigenvalue weighted by molar-refractivity contribution is 5.95. The average Bonchev–Trinajstić information content (AvgIpc) is 3.18. The van der Waals surface area contributed by atoms with Crippen LogP contribution in [0.2, 0.25) is 0 Å². The molecule has 0 spiro atoms. The van der Waals surface area contributed by atoms with Crippen LogP contribution in [0.4, 0.5) is 14.5 Å². The van der Waals surface area contributed by atoms with Gasteiger partial charge < -0.3 is 10.6 Å². The van der Waals surface area contributed by atoms with E-state index in [2.05, 4.69) is 0 Å². The molecule has 0 radical (unpaired) electrons. The largest absolute Gasteiger partial charge is 0.396 e. The number of rotatable bonds is 5. The van der Waals surface area contributed by atoms with Crippen molar-refractivity contribution in [2.75, 3.05) is 12.3 Å². The van der Waals surface area contributed by atoms with Gasteiger partial charge in [0.25, 0.3) is 5.91 Å². The van der Waals surface area contributed by atoms with Crippen molar-refractivity contribution in [2.24, 2.45) is 0 Å². The van der Waals surface area contributed by atoms with Crippen molar-refractivity contribution in [3.8, 4) is 0 Å². The summed E-state index contributed by atoms with van der Waals surface area (Å²) >= 11 is 0. The number of anilines is 1. The monoisotopic (exact) mass is 268 g/mol. The third-order valence-corrected chi connectivity index (χ3v) is 3.32. The van der Waals surface area contributed by atoms with Gasteiger partial charge in [-0.1, -0.05) is 13.3 Å².